The molecule has 0 aliphatic heterocycles. The number of hydrogen-bond donors (Lipinski definition) is 2. The number of rotatable bonds is 19. The van der Waals surface area contributed by atoms with Gasteiger partial charge in [0.05, 0.1) is 13.2 Å². The first kappa shape index (κ1) is 23.9. The number of hydrogen-bond acceptors (Lipinski definition) is 3. The summed E-state index contributed by atoms with van der Waals surface area (Å²) in [6, 6.07) is 0. The topological polar surface area (TPSA) is 49.7 Å². The molecule has 0 aromatic heterocycles. The third-order valence-electron chi connectivity index (χ3n) is 4.81. The maximum atomic E-state index is 9.15. The summed E-state index contributed by atoms with van der Waals surface area (Å²) >= 11 is 0. The molecule has 146 valence electrons. The van der Waals surface area contributed by atoms with Gasteiger partial charge in [0.15, 0.2) is 0 Å². The monoisotopic (exact) mass is 344 g/mol. The van der Waals surface area contributed by atoms with E-state index in [4.69, 9.17) is 14.9 Å². The fraction of sp³-hybridized carbons (Fsp3) is 1.00. The van der Waals surface area contributed by atoms with Crippen molar-refractivity contribution in [1.29, 1.82) is 0 Å². The molecule has 0 aromatic rings. The molecule has 0 aromatic carbocycles. The van der Waals surface area contributed by atoms with Crippen molar-refractivity contribution >= 4 is 0 Å². The highest BCUT2D eigenvalue weighted by atomic mass is 16.5. The second-order valence-electron chi connectivity index (χ2n) is 7.48. The van der Waals surface area contributed by atoms with Crippen LogP contribution in [0.15, 0.2) is 0 Å². The maximum Gasteiger partial charge on any atom is 0.100 e. The molecule has 0 aliphatic rings. The SMILES string of the molecule is CCCCCCCCCCCCC(C)CCCCOCC(O)CO. The Hall–Kier alpha value is -0.120. The van der Waals surface area contributed by atoms with Gasteiger partial charge in [-0.3, -0.25) is 0 Å². The van der Waals surface area contributed by atoms with E-state index in [1.165, 1.54) is 83.5 Å². The minimum atomic E-state index is -0.722. The minimum absolute atomic E-state index is 0.212. The smallest absolute Gasteiger partial charge is 0.100 e. The largest absolute Gasteiger partial charge is 0.394 e. The zero-order chi connectivity index (χ0) is 17.9. The summed E-state index contributed by atoms with van der Waals surface area (Å²) in [4.78, 5) is 0. The first-order valence-corrected chi connectivity index (χ1v) is 10.6. The fourth-order valence-corrected chi connectivity index (χ4v) is 3.09. The zero-order valence-corrected chi connectivity index (χ0v) is 16.5. The summed E-state index contributed by atoms with van der Waals surface area (Å²) in [5.41, 5.74) is 0. The van der Waals surface area contributed by atoms with Gasteiger partial charge < -0.3 is 14.9 Å². The van der Waals surface area contributed by atoms with Crippen molar-refractivity contribution in [1.82, 2.24) is 0 Å². The molecule has 3 nitrogen and oxygen atoms in total. The summed E-state index contributed by atoms with van der Waals surface area (Å²) < 4.78 is 5.32. The van der Waals surface area contributed by atoms with Crippen molar-refractivity contribution in [2.45, 2.75) is 110 Å². The van der Waals surface area contributed by atoms with Crippen LogP contribution in [0.4, 0.5) is 0 Å². The molecule has 2 atom stereocenters. The normalized spacial score (nSPS) is 14.0. The van der Waals surface area contributed by atoms with Gasteiger partial charge in [-0.2, -0.15) is 0 Å². The summed E-state index contributed by atoms with van der Waals surface area (Å²) in [6.07, 6.45) is 18.3. The molecule has 2 unspecified atom stereocenters. The average molecular weight is 345 g/mol. The minimum Gasteiger partial charge on any atom is -0.394 e. The van der Waals surface area contributed by atoms with Gasteiger partial charge in [0, 0.05) is 6.61 Å². The van der Waals surface area contributed by atoms with Crippen LogP contribution in [0.5, 0.6) is 0 Å². The van der Waals surface area contributed by atoms with E-state index in [0.29, 0.717) is 6.61 Å². The van der Waals surface area contributed by atoms with Crippen LogP contribution < -0.4 is 0 Å². The van der Waals surface area contributed by atoms with Crippen molar-refractivity contribution in [3.63, 3.8) is 0 Å². The number of ether oxygens (including phenoxy) is 1. The van der Waals surface area contributed by atoms with Gasteiger partial charge in [0.1, 0.15) is 6.10 Å². The molecule has 0 saturated heterocycles. The highest BCUT2D eigenvalue weighted by Crippen LogP contribution is 2.17. The van der Waals surface area contributed by atoms with Crippen LogP contribution in [0, 0.1) is 5.92 Å². The average Bonchev–Trinajstić information content (AvgIpc) is 2.59. The quantitative estimate of drug-likeness (QED) is 0.305. The van der Waals surface area contributed by atoms with Crippen molar-refractivity contribution in [3.05, 3.63) is 0 Å². The van der Waals surface area contributed by atoms with Crippen LogP contribution in [0.25, 0.3) is 0 Å². The van der Waals surface area contributed by atoms with Gasteiger partial charge >= 0.3 is 0 Å². The molecule has 0 amide bonds. The summed E-state index contributed by atoms with van der Waals surface area (Å²) in [7, 11) is 0. The van der Waals surface area contributed by atoms with E-state index in [-0.39, 0.29) is 13.2 Å². The Morgan fingerprint density at radius 2 is 1.25 bits per heavy atom. The van der Waals surface area contributed by atoms with E-state index in [1.807, 2.05) is 0 Å². The Labute approximate surface area is 151 Å². The summed E-state index contributed by atoms with van der Waals surface area (Å²) in [5.74, 6) is 0.821. The number of unbranched alkanes of at least 4 members (excludes halogenated alkanes) is 10. The summed E-state index contributed by atoms with van der Waals surface area (Å²) in [6.45, 7) is 5.38. The highest BCUT2D eigenvalue weighted by molar-refractivity contribution is 4.56. The lowest BCUT2D eigenvalue weighted by molar-refractivity contribution is 0.00511. The molecule has 3 heteroatoms. The van der Waals surface area contributed by atoms with Gasteiger partial charge in [0.2, 0.25) is 0 Å². The van der Waals surface area contributed by atoms with Crippen LogP contribution >= 0.6 is 0 Å². The number of aliphatic hydroxyl groups is 2. The Bertz CT molecular complexity index is 233. The first-order valence-electron chi connectivity index (χ1n) is 10.6. The number of aliphatic hydroxyl groups excluding tert-OH is 2. The molecule has 0 rings (SSSR count). The molecule has 0 heterocycles. The lowest BCUT2D eigenvalue weighted by Gasteiger charge is -2.12. The molecule has 0 bridgehead atoms. The Balaban J connectivity index is 3.17. The molecule has 2 N–H and O–H groups in total. The van der Waals surface area contributed by atoms with E-state index < -0.39 is 6.10 Å². The molecule has 0 aliphatic carbocycles. The predicted octanol–water partition coefficient (Wildman–Crippen LogP) is 5.47. The third-order valence-corrected chi connectivity index (χ3v) is 4.81. The van der Waals surface area contributed by atoms with Crippen LogP contribution in [0.1, 0.15) is 104 Å². The van der Waals surface area contributed by atoms with Gasteiger partial charge in [-0.15, -0.1) is 0 Å². The van der Waals surface area contributed by atoms with E-state index in [2.05, 4.69) is 13.8 Å². The van der Waals surface area contributed by atoms with E-state index in [1.54, 1.807) is 0 Å². The van der Waals surface area contributed by atoms with Gasteiger partial charge in [0.25, 0.3) is 0 Å². The lowest BCUT2D eigenvalue weighted by atomic mass is 9.96. The van der Waals surface area contributed by atoms with E-state index >= 15 is 0 Å². The Kier molecular flexibility index (Phi) is 19.1. The first-order chi connectivity index (χ1) is 11.7. The van der Waals surface area contributed by atoms with Crippen LogP contribution in [-0.2, 0) is 4.74 Å². The Morgan fingerprint density at radius 3 is 1.79 bits per heavy atom. The van der Waals surface area contributed by atoms with Gasteiger partial charge in [-0.05, 0) is 12.3 Å². The second kappa shape index (κ2) is 19.2. The lowest BCUT2D eigenvalue weighted by Crippen LogP contribution is -2.19. The summed E-state index contributed by atoms with van der Waals surface area (Å²) in [5, 5.41) is 17.8. The van der Waals surface area contributed by atoms with Crippen molar-refractivity contribution in [2.75, 3.05) is 19.8 Å². The standard InChI is InChI=1S/C21H44O3/c1-3-4-5-6-7-8-9-10-11-12-15-20(2)16-13-14-17-24-19-21(23)18-22/h20-23H,3-19H2,1-2H3. The molecule has 0 spiro atoms. The van der Waals surface area contributed by atoms with Crippen molar-refractivity contribution in [2.24, 2.45) is 5.92 Å². The van der Waals surface area contributed by atoms with Crippen molar-refractivity contribution < 1.29 is 14.9 Å². The molecular weight excluding hydrogens is 300 g/mol. The van der Waals surface area contributed by atoms with E-state index in [9.17, 15) is 0 Å². The second-order valence-corrected chi connectivity index (χ2v) is 7.48. The van der Waals surface area contributed by atoms with Crippen LogP contribution in [0.2, 0.25) is 0 Å². The third kappa shape index (κ3) is 18.2. The molecule has 24 heavy (non-hydrogen) atoms. The highest BCUT2D eigenvalue weighted by Gasteiger charge is 2.03. The Morgan fingerprint density at radius 1 is 0.750 bits per heavy atom. The fourth-order valence-electron chi connectivity index (χ4n) is 3.09. The van der Waals surface area contributed by atoms with Gasteiger partial charge in [-0.25, -0.2) is 0 Å². The molecule has 0 fully saturated rings. The van der Waals surface area contributed by atoms with Crippen LogP contribution in [-0.4, -0.2) is 36.1 Å². The molecule has 0 saturated carbocycles. The predicted molar refractivity (Wildman–Crippen MR) is 103 cm³/mol. The maximum absolute atomic E-state index is 9.15. The molecular formula is C21H44O3. The van der Waals surface area contributed by atoms with Crippen molar-refractivity contribution in [3.8, 4) is 0 Å². The van der Waals surface area contributed by atoms with Gasteiger partial charge in [-0.1, -0.05) is 97.3 Å². The van der Waals surface area contributed by atoms with E-state index in [0.717, 1.165) is 12.3 Å². The zero-order valence-electron chi connectivity index (χ0n) is 16.5. The van der Waals surface area contributed by atoms with Crippen LogP contribution in [0.3, 0.4) is 0 Å². The molecule has 0 radical (unpaired) electrons.